The van der Waals surface area contributed by atoms with Crippen LogP contribution in [0.15, 0.2) is 12.1 Å². The van der Waals surface area contributed by atoms with Crippen LogP contribution in [0.2, 0.25) is 0 Å². The van der Waals surface area contributed by atoms with Crippen molar-refractivity contribution in [2.45, 2.75) is 64.4 Å². The average molecular weight is 308 g/mol. The number of hydrogen-bond donors (Lipinski definition) is 1. The fourth-order valence-electron chi connectivity index (χ4n) is 3.32. The van der Waals surface area contributed by atoms with Gasteiger partial charge in [0.1, 0.15) is 6.17 Å². The van der Waals surface area contributed by atoms with Crippen molar-refractivity contribution >= 4 is 17.2 Å². The lowest BCUT2D eigenvalue weighted by Crippen LogP contribution is -2.46. The van der Waals surface area contributed by atoms with Crippen molar-refractivity contribution in [3.05, 3.63) is 21.9 Å². The van der Waals surface area contributed by atoms with Crippen LogP contribution in [0.25, 0.3) is 0 Å². The zero-order valence-corrected chi connectivity index (χ0v) is 14.0. The summed E-state index contributed by atoms with van der Waals surface area (Å²) >= 11 is 1.76. The van der Waals surface area contributed by atoms with Gasteiger partial charge in [-0.1, -0.05) is 6.92 Å². The Bertz CT molecular complexity index is 544. The number of nitrogens with one attached hydrogen (secondary N) is 1. The molecule has 2 aliphatic heterocycles. The van der Waals surface area contributed by atoms with Gasteiger partial charge in [0, 0.05) is 16.4 Å². The Labute approximate surface area is 130 Å². The van der Waals surface area contributed by atoms with Gasteiger partial charge in [0.25, 0.3) is 0 Å². The summed E-state index contributed by atoms with van der Waals surface area (Å²) in [6, 6.07) is 4.44. The first-order valence-electron chi connectivity index (χ1n) is 7.74. The summed E-state index contributed by atoms with van der Waals surface area (Å²) in [6.45, 7) is 9.01. The van der Waals surface area contributed by atoms with E-state index in [9.17, 15) is 4.79 Å². The predicted octanol–water partition coefficient (Wildman–Crippen LogP) is 2.83. The van der Waals surface area contributed by atoms with E-state index in [4.69, 9.17) is 4.74 Å². The fourth-order valence-corrected chi connectivity index (χ4v) is 4.25. The Morgan fingerprint density at radius 2 is 2.29 bits per heavy atom. The van der Waals surface area contributed by atoms with Gasteiger partial charge in [-0.25, -0.2) is 0 Å². The van der Waals surface area contributed by atoms with Crippen LogP contribution in [0.3, 0.4) is 0 Å². The lowest BCUT2D eigenvalue weighted by molar-refractivity contribution is -0.136. The van der Waals surface area contributed by atoms with Gasteiger partial charge in [-0.3, -0.25) is 10.1 Å². The molecule has 4 unspecified atom stereocenters. The smallest absolute Gasteiger partial charge is 0.244 e. The summed E-state index contributed by atoms with van der Waals surface area (Å²) in [4.78, 5) is 17.5. The molecule has 3 rings (SSSR count). The minimum absolute atomic E-state index is 0.0182. The second-order valence-corrected chi connectivity index (χ2v) is 7.64. The van der Waals surface area contributed by atoms with Crippen LogP contribution in [0.5, 0.6) is 0 Å². The van der Waals surface area contributed by atoms with Gasteiger partial charge >= 0.3 is 0 Å². The minimum atomic E-state index is -0.467. The van der Waals surface area contributed by atoms with Gasteiger partial charge < -0.3 is 9.64 Å². The lowest BCUT2D eigenvalue weighted by Gasteiger charge is -2.31. The molecule has 0 aliphatic carbocycles. The van der Waals surface area contributed by atoms with E-state index >= 15 is 0 Å². The molecule has 3 heterocycles. The van der Waals surface area contributed by atoms with Crippen molar-refractivity contribution in [3.63, 3.8) is 0 Å². The Morgan fingerprint density at radius 3 is 2.81 bits per heavy atom. The van der Waals surface area contributed by atoms with E-state index in [1.54, 1.807) is 11.3 Å². The summed E-state index contributed by atoms with van der Waals surface area (Å²) in [7, 11) is 0. The second-order valence-electron chi connectivity index (χ2n) is 6.33. The molecule has 21 heavy (non-hydrogen) atoms. The van der Waals surface area contributed by atoms with Crippen LogP contribution in [-0.2, 0) is 9.53 Å². The number of amides is 1. The van der Waals surface area contributed by atoms with Crippen LogP contribution >= 0.6 is 11.3 Å². The highest BCUT2D eigenvalue weighted by Crippen LogP contribution is 2.39. The third-order valence-electron chi connectivity index (χ3n) is 4.87. The van der Waals surface area contributed by atoms with E-state index in [0.29, 0.717) is 0 Å². The quantitative estimate of drug-likeness (QED) is 0.933. The number of nitrogens with zero attached hydrogens (tertiary/aromatic N) is 1. The van der Waals surface area contributed by atoms with Crippen molar-refractivity contribution in [1.82, 2.24) is 10.2 Å². The van der Waals surface area contributed by atoms with Crippen molar-refractivity contribution in [2.24, 2.45) is 0 Å². The van der Waals surface area contributed by atoms with E-state index in [-0.39, 0.29) is 24.2 Å². The number of hydrogen-bond acceptors (Lipinski definition) is 4. The van der Waals surface area contributed by atoms with E-state index in [1.807, 2.05) is 11.8 Å². The molecular formula is C16H24N2O2S. The highest BCUT2D eigenvalue weighted by molar-refractivity contribution is 7.12. The first kappa shape index (κ1) is 15.0. The van der Waals surface area contributed by atoms with Gasteiger partial charge in [0.15, 0.2) is 0 Å². The third-order valence-corrected chi connectivity index (χ3v) is 5.92. The molecule has 1 N–H and O–H groups in total. The van der Waals surface area contributed by atoms with Gasteiger partial charge in [0.2, 0.25) is 5.91 Å². The largest absolute Gasteiger partial charge is 0.376 e. The topological polar surface area (TPSA) is 41.6 Å². The zero-order valence-electron chi connectivity index (χ0n) is 13.2. The molecule has 5 heteroatoms. The van der Waals surface area contributed by atoms with Crippen LogP contribution in [0.4, 0.5) is 0 Å². The van der Waals surface area contributed by atoms with Crippen LogP contribution in [0, 0.1) is 6.92 Å². The summed E-state index contributed by atoms with van der Waals surface area (Å²) in [5.74, 6) is 0.211. The molecule has 4 atom stereocenters. The monoisotopic (exact) mass is 308 g/mol. The Morgan fingerprint density at radius 1 is 1.52 bits per heavy atom. The third kappa shape index (κ3) is 2.41. The van der Waals surface area contributed by atoms with E-state index < -0.39 is 5.54 Å². The van der Waals surface area contributed by atoms with Gasteiger partial charge in [0.05, 0.1) is 17.7 Å². The van der Waals surface area contributed by atoms with E-state index in [2.05, 4.69) is 38.2 Å². The molecule has 0 spiro atoms. The predicted molar refractivity (Wildman–Crippen MR) is 84.3 cm³/mol. The highest BCUT2D eigenvalue weighted by Gasteiger charge is 2.51. The summed E-state index contributed by atoms with van der Waals surface area (Å²) in [5, 5.41) is 3.58. The van der Waals surface area contributed by atoms with Crippen LogP contribution in [-0.4, -0.2) is 35.1 Å². The molecule has 0 bridgehead atoms. The number of carbonyl (C=O) groups excluding carboxylic acids is 1. The normalized spacial score (nSPS) is 36.7. The summed E-state index contributed by atoms with van der Waals surface area (Å²) in [5.41, 5.74) is -0.467. The maximum Gasteiger partial charge on any atom is 0.244 e. The van der Waals surface area contributed by atoms with Crippen molar-refractivity contribution in [3.8, 4) is 0 Å². The number of rotatable bonds is 3. The van der Waals surface area contributed by atoms with Gasteiger partial charge in [-0.05, 0) is 45.7 Å². The molecular weight excluding hydrogens is 284 g/mol. The summed E-state index contributed by atoms with van der Waals surface area (Å²) in [6.07, 6.45) is 1.81. The minimum Gasteiger partial charge on any atom is -0.376 e. The average Bonchev–Trinajstić information content (AvgIpc) is 3.12. The molecule has 4 nitrogen and oxygen atoms in total. The van der Waals surface area contributed by atoms with Crippen molar-refractivity contribution in [2.75, 3.05) is 6.61 Å². The Hall–Kier alpha value is -0.910. The zero-order chi connectivity index (χ0) is 15.2. The second kappa shape index (κ2) is 5.38. The van der Waals surface area contributed by atoms with Crippen molar-refractivity contribution in [1.29, 1.82) is 0 Å². The van der Waals surface area contributed by atoms with Crippen LogP contribution < -0.4 is 5.32 Å². The van der Waals surface area contributed by atoms with Crippen LogP contribution in [0.1, 0.15) is 49.5 Å². The maximum atomic E-state index is 13.0. The standard InChI is InChI=1S/C16H24N2O2S/c1-5-16(4)15(19)18(12-8-9-20-11(12)3)14(17-16)13-7-6-10(2)21-13/h6-7,11-12,14,17H,5,8-9H2,1-4H3. The Balaban J connectivity index is 1.97. The Kier molecular flexibility index (Phi) is 3.84. The molecule has 0 aromatic carbocycles. The number of carbonyl (C=O) groups is 1. The molecule has 0 saturated carbocycles. The fraction of sp³-hybridized carbons (Fsp3) is 0.688. The molecule has 2 aliphatic rings. The molecule has 0 radical (unpaired) electrons. The van der Waals surface area contributed by atoms with E-state index in [1.165, 1.54) is 9.75 Å². The molecule has 1 amide bonds. The first-order valence-corrected chi connectivity index (χ1v) is 8.56. The van der Waals surface area contributed by atoms with Gasteiger partial charge in [-0.2, -0.15) is 0 Å². The summed E-state index contributed by atoms with van der Waals surface area (Å²) < 4.78 is 5.70. The lowest BCUT2D eigenvalue weighted by atomic mass is 9.98. The molecule has 116 valence electrons. The number of ether oxygens (including phenoxy) is 1. The molecule has 1 aromatic heterocycles. The number of thiophene rings is 1. The van der Waals surface area contributed by atoms with Gasteiger partial charge in [-0.15, -0.1) is 11.3 Å². The maximum absolute atomic E-state index is 13.0. The highest BCUT2D eigenvalue weighted by atomic mass is 32.1. The van der Waals surface area contributed by atoms with E-state index in [0.717, 1.165) is 19.4 Å². The first-order chi connectivity index (χ1) is 9.96. The van der Waals surface area contributed by atoms with Crippen molar-refractivity contribution < 1.29 is 9.53 Å². The molecule has 2 saturated heterocycles. The molecule has 2 fully saturated rings. The number of aryl methyl sites for hydroxylation is 1. The molecule has 1 aromatic rings. The SMILES string of the molecule is CCC1(C)NC(c2ccc(C)s2)N(C2CCOC2C)C1=O.